The lowest BCUT2D eigenvalue weighted by molar-refractivity contribution is -0.687. The lowest BCUT2D eigenvalue weighted by atomic mass is 10.2. The smallest absolute Gasteiger partial charge is 0.257 e. The maximum Gasteiger partial charge on any atom is 0.257 e. The standard InChI is InChI=1S/C22H19N6/c1-3-7-18(8-4-1)13-26-11-12-27(17-26)21-20-22(24-15-23-21)28(16-25-20)14-19-9-5-2-6-10-19/h1-12,15-17H,13-14H2/q+1. The number of nitrogens with zero attached hydrogens (tertiary/aromatic N) is 6. The van der Waals surface area contributed by atoms with E-state index in [4.69, 9.17) is 0 Å². The van der Waals surface area contributed by atoms with Gasteiger partial charge in [0.2, 0.25) is 0 Å². The molecule has 0 spiro atoms. The highest BCUT2D eigenvalue weighted by Gasteiger charge is 2.16. The summed E-state index contributed by atoms with van der Waals surface area (Å²) in [6.07, 6.45) is 9.51. The lowest BCUT2D eigenvalue weighted by Gasteiger charge is -2.03. The Hall–Kier alpha value is -3.80. The first kappa shape index (κ1) is 16.4. The average Bonchev–Trinajstić information content (AvgIpc) is 3.37. The van der Waals surface area contributed by atoms with Crippen LogP contribution < -0.4 is 4.57 Å². The summed E-state index contributed by atoms with van der Waals surface area (Å²) in [5.41, 5.74) is 4.09. The summed E-state index contributed by atoms with van der Waals surface area (Å²) in [5.74, 6) is 0.781. The van der Waals surface area contributed by atoms with Crippen LogP contribution in [0.4, 0.5) is 0 Å². The molecule has 0 aliphatic carbocycles. The summed E-state index contributed by atoms with van der Waals surface area (Å²) in [5, 5.41) is 0. The van der Waals surface area contributed by atoms with Crippen LogP contribution in [0.5, 0.6) is 0 Å². The third-order valence-corrected chi connectivity index (χ3v) is 4.72. The number of hydrogen-bond acceptors (Lipinski definition) is 3. The zero-order chi connectivity index (χ0) is 18.8. The van der Waals surface area contributed by atoms with Crippen LogP contribution in [0.1, 0.15) is 11.1 Å². The zero-order valence-electron chi connectivity index (χ0n) is 15.3. The van der Waals surface area contributed by atoms with Gasteiger partial charge in [-0.1, -0.05) is 60.7 Å². The summed E-state index contributed by atoms with van der Waals surface area (Å²) >= 11 is 0. The fourth-order valence-electron chi connectivity index (χ4n) is 3.36. The number of imidazole rings is 2. The molecule has 0 aliphatic rings. The van der Waals surface area contributed by atoms with Crippen molar-refractivity contribution < 1.29 is 4.57 Å². The van der Waals surface area contributed by atoms with E-state index in [1.54, 1.807) is 6.33 Å². The van der Waals surface area contributed by atoms with Gasteiger partial charge >= 0.3 is 0 Å². The zero-order valence-corrected chi connectivity index (χ0v) is 15.3. The van der Waals surface area contributed by atoms with Crippen LogP contribution in [-0.4, -0.2) is 24.1 Å². The second kappa shape index (κ2) is 7.08. The van der Waals surface area contributed by atoms with Gasteiger partial charge in [0.05, 0.1) is 12.9 Å². The van der Waals surface area contributed by atoms with Crippen molar-refractivity contribution in [3.63, 3.8) is 0 Å². The second-order valence-electron chi connectivity index (χ2n) is 6.71. The van der Waals surface area contributed by atoms with Crippen molar-refractivity contribution in [1.29, 1.82) is 0 Å². The van der Waals surface area contributed by atoms with E-state index in [1.807, 2.05) is 53.9 Å². The van der Waals surface area contributed by atoms with Crippen molar-refractivity contribution in [2.45, 2.75) is 13.1 Å². The van der Waals surface area contributed by atoms with Gasteiger partial charge in [0.25, 0.3) is 12.1 Å². The minimum Gasteiger partial charge on any atom is -0.311 e. The topological polar surface area (TPSA) is 52.4 Å². The number of benzene rings is 2. The third kappa shape index (κ3) is 3.16. The van der Waals surface area contributed by atoms with Gasteiger partial charge in [0, 0.05) is 0 Å². The SMILES string of the molecule is c1ccc(Cn2cnc3c(-n4cc[n+](Cc5ccccc5)c4)ncnc32)cc1. The summed E-state index contributed by atoms with van der Waals surface area (Å²) in [7, 11) is 0. The van der Waals surface area contributed by atoms with Crippen LogP contribution in [0.25, 0.3) is 17.0 Å². The van der Waals surface area contributed by atoms with Crippen molar-refractivity contribution in [3.05, 3.63) is 103 Å². The summed E-state index contributed by atoms with van der Waals surface area (Å²) in [6.45, 7) is 1.54. The highest BCUT2D eigenvalue weighted by Crippen LogP contribution is 2.17. The van der Waals surface area contributed by atoms with E-state index in [2.05, 4.69) is 60.5 Å². The molecule has 0 N–H and O–H groups in total. The van der Waals surface area contributed by atoms with Crippen LogP contribution in [-0.2, 0) is 13.1 Å². The molecule has 0 radical (unpaired) electrons. The van der Waals surface area contributed by atoms with Crippen molar-refractivity contribution in [2.75, 3.05) is 0 Å². The molecule has 0 saturated carbocycles. The van der Waals surface area contributed by atoms with Crippen molar-refractivity contribution in [1.82, 2.24) is 24.1 Å². The Labute approximate surface area is 162 Å². The average molecular weight is 367 g/mol. The van der Waals surface area contributed by atoms with Crippen LogP contribution in [0, 0.1) is 0 Å². The maximum atomic E-state index is 4.59. The van der Waals surface area contributed by atoms with E-state index >= 15 is 0 Å². The van der Waals surface area contributed by atoms with Gasteiger partial charge in [-0.2, -0.15) is 9.55 Å². The Balaban J connectivity index is 1.47. The third-order valence-electron chi connectivity index (χ3n) is 4.72. The number of aromatic nitrogens is 6. The number of fused-ring (bicyclic) bond motifs is 1. The number of rotatable bonds is 5. The fraction of sp³-hybridized carbons (Fsp3) is 0.0909. The molecule has 0 atom stereocenters. The van der Waals surface area contributed by atoms with Gasteiger partial charge in [0.15, 0.2) is 11.2 Å². The lowest BCUT2D eigenvalue weighted by Crippen LogP contribution is -2.31. The molecule has 5 aromatic rings. The normalized spacial score (nSPS) is 11.1. The molecule has 0 bridgehead atoms. The van der Waals surface area contributed by atoms with E-state index in [9.17, 15) is 0 Å². The maximum absolute atomic E-state index is 4.59. The van der Waals surface area contributed by atoms with Gasteiger partial charge in [-0.05, 0) is 11.1 Å². The van der Waals surface area contributed by atoms with Crippen molar-refractivity contribution in [2.24, 2.45) is 0 Å². The van der Waals surface area contributed by atoms with Gasteiger partial charge in [-0.25, -0.2) is 14.5 Å². The van der Waals surface area contributed by atoms with Crippen LogP contribution >= 0.6 is 0 Å². The van der Waals surface area contributed by atoms with Crippen molar-refractivity contribution >= 4 is 11.2 Å². The molecule has 136 valence electrons. The van der Waals surface area contributed by atoms with Crippen LogP contribution in [0.15, 0.2) is 92.0 Å². The molecule has 0 unspecified atom stereocenters. The van der Waals surface area contributed by atoms with E-state index < -0.39 is 0 Å². The molecule has 0 fully saturated rings. The van der Waals surface area contributed by atoms with Crippen molar-refractivity contribution in [3.8, 4) is 5.82 Å². The van der Waals surface area contributed by atoms with E-state index in [1.165, 1.54) is 11.1 Å². The second-order valence-corrected chi connectivity index (χ2v) is 6.71. The van der Waals surface area contributed by atoms with Gasteiger partial charge < -0.3 is 4.57 Å². The molecule has 5 rings (SSSR count). The Kier molecular flexibility index (Phi) is 4.14. The molecule has 3 heterocycles. The number of hydrogen-bond donors (Lipinski definition) is 0. The largest absolute Gasteiger partial charge is 0.311 e. The van der Waals surface area contributed by atoms with E-state index in [0.717, 1.165) is 30.1 Å². The van der Waals surface area contributed by atoms with Crippen LogP contribution in [0.3, 0.4) is 0 Å². The monoisotopic (exact) mass is 367 g/mol. The quantitative estimate of drug-likeness (QED) is 0.449. The molecule has 0 aliphatic heterocycles. The molecule has 6 heteroatoms. The van der Waals surface area contributed by atoms with Crippen LogP contribution in [0.2, 0.25) is 0 Å². The molecular formula is C22H19N6+. The first-order valence-corrected chi connectivity index (χ1v) is 9.18. The Bertz CT molecular complexity index is 1210. The molecule has 6 nitrogen and oxygen atoms in total. The molecule has 28 heavy (non-hydrogen) atoms. The van der Waals surface area contributed by atoms with E-state index in [0.29, 0.717) is 0 Å². The minimum absolute atomic E-state index is 0.730. The minimum atomic E-state index is 0.730. The molecular weight excluding hydrogens is 348 g/mol. The van der Waals surface area contributed by atoms with Gasteiger partial charge in [0.1, 0.15) is 25.3 Å². The van der Waals surface area contributed by atoms with E-state index in [-0.39, 0.29) is 0 Å². The summed E-state index contributed by atoms with van der Waals surface area (Å²) in [4.78, 5) is 13.5. The Morgan fingerprint density at radius 3 is 2.36 bits per heavy atom. The van der Waals surface area contributed by atoms with Gasteiger partial charge in [-0.15, -0.1) is 0 Å². The highest BCUT2D eigenvalue weighted by atomic mass is 15.2. The summed E-state index contributed by atoms with van der Waals surface area (Å²) in [6, 6.07) is 20.7. The summed E-state index contributed by atoms with van der Waals surface area (Å²) < 4.78 is 6.18. The first-order valence-electron chi connectivity index (χ1n) is 9.18. The van der Waals surface area contributed by atoms with Gasteiger partial charge in [-0.3, -0.25) is 0 Å². The fourth-order valence-corrected chi connectivity index (χ4v) is 3.36. The first-order chi connectivity index (χ1) is 13.9. The predicted octanol–water partition coefficient (Wildman–Crippen LogP) is 3.00. The Morgan fingerprint density at radius 2 is 1.57 bits per heavy atom. The highest BCUT2D eigenvalue weighted by molar-refractivity contribution is 5.78. The Morgan fingerprint density at radius 1 is 0.821 bits per heavy atom. The molecule has 0 amide bonds. The predicted molar refractivity (Wildman–Crippen MR) is 106 cm³/mol. The molecule has 3 aromatic heterocycles. The molecule has 2 aromatic carbocycles. The molecule has 0 saturated heterocycles.